The number of hydrogen-bond acceptors (Lipinski definition) is 5. The van der Waals surface area contributed by atoms with Crippen LogP contribution in [0.3, 0.4) is 0 Å². The largest absolute Gasteiger partial charge is 0.356 e. The van der Waals surface area contributed by atoms with Crippen molar-refractivity contribution in [1.82, 2.24) is 9.79 Å². The molecule has 4 N–H and O–H groups in total. The van der Waals surface area contributed by atoms with E-state index >= 15 is 0 Å². The summed E-state index contributed by atoms with van der Waals surface area (Å²) in [4.78, 5) is 27.6. The molecule has 0 heterocycles. The van der Waals surface area contributed by atoms with E-state index in [1.165, 1.54) is 0 Å². The van der Waals surface area contributed by atoms with Crippen LogP contribution in [0.25, 0.3) is 0 Å². The first-order valence-corrected chi connectivity index (χ1v) is 7.72. The first-order valence-electron chi connectivity index (χ1n) is 6.66. The van der Waals surface area contributed by atoms with Crippen molar-refractivity contribution in [3.05, 3.63) is 0 Å². The third-order valence-corrected chi connectivity index (χ3v) is 3.16. The van der Waals surface area contributed by atoms with Gasteiger partial charge in [0.1, 0.15) is 6.04 Å². The van der Waals surface area contributed by atoms with Gasteiger partial charge >= 0.3 is 5.97 Å². The van der Waals surface area contributed by atoms with E-state index in [4.69, 9.17) is 10.3 Å². The Balaban J connectivity index is 3.85. The summed E-state index contributed by atoms with van der Waals surface area (Å²) in [6, 6.07) is -0.866. The van der Waals surface area contributed by atoms with Crippen molar-refractivity contribution in [1.29, 1.82) is 0 Å². The molecule has 0 spiro atoms. The molecule has 124 valence electrons. The van der Waals surface area contributed by atoms with Gasteiger partial charge < -0.3 is 15.9 Å². The molecule has 8 nitrogen and oxygen atoms in total. The first-order chi connectivity index (χ1) is 9.55. The van der Waals surface area contributed by atoms with Crippen LogP contribution in [-0.4, -0.2) is 44.7 Å². The van der Waals surface area contributed by atoms with Gasteiger partial charge in [0.05, 0.1) is 0 Å². The van der Waals surface area contributed by atoms with Gasteiger partial charge in [0, 0.05) is 19.0 Å². The van der Waals surface area contributed by atoms with Gasteiger partial charge in [0.25, 0.3) is 11.3 Å². The van der Waals surface area contributed by atoms with E-state index in [1.54, 1.807) is 0 Å². The molecule has 0 rings (SSSR count). The predicted octanol–water partition coefficient (Wildman–Crippen LogP) is 0.173. The van der Waals surface area contributed by atoms with Crippen molar-refractivity contribution >= 4 is 23.1 Å². The summed E-state index contributed by atoms with van der Waals surface area (Å²) < 4.78 is 19.8. The number of nitrogens with two attached hydrogens (primary N) is 1. The molecule has 0 saturated carbocycles. The molecule has 0 aliphatic rings. The van der Waals surface area contributed by atoms with E-state index in [9.17, 15) is 13.8 Å². The van der Waals surface area contributed by atoms with Crippen molar-refractivity contribution in [2.45, 2.75) is 46.1 Å². The summed E-state index contributed by atoms with van der Waals surface area (Å²) in [5.41, 5.74) is 5.18. The van der Waals surface area contributed by atoms with Gasteiger partial charge in [-0.25, -0.2) is 9.00 Å². The molecule has 0 bridgehead atoms. The highest BCUT2D eigenvalue weighted by Crippen LogP contribution is 2.12. The molecule has 1 amide bonds. The fraction of sp³-hybridized carbons (Fsp3) is 0.833. The molecule has 0 aliphatic heterocycles. The SMILES string of the molecule is CN(OC(=O)[C@@H](N)CCCCNC(=O)C(C)(C)C)S(=O)O. The average molecular weight is 323 g/mol. The zero-order valence-electron chi connectivity index (χ0n) is 12.9. The van der Waals surface area contributed by atoms with E-state index in [2.05, 4.69) is 10.2 Å². The van der Waals surface area contributed by atoms with Crippen LogP contribution >= 0.6 is 0 Å². The maximum absolute atomic E-state index is 11.6. The summed E-state index contributed by atoms with van der Waals surface area (Å²) in [7, 11) is 1.16. The van der Waals surface area contributed by atoms with Gasteiger partial charge in [-0.3, -0.25) is 9.35 Å². The quantitative estimate of drug-likeness (QED) is 0.332. The van der Waals surface area contributed by atoms with E-state index in [0.29, 0.717) is 30.3 Å². The van der Waals surface area contributed by atoms with Crippen molar-refractivity contribution < 1.29 is 23.2 Å². The minimum Gasteiger partial charge on any atom is -0.356 e. The number of carbonyl (C=O) groups excluding carboxylic acids is 2. The number of nitrogens with one attached hydrogen (secondary N) is 1. The minimum atomic E-state index is -2.38. The van der Waals surface area contributed by atoms with Gasteiger partial charge in [-0.1, -0.05) is 20.8 Å². The van der Waals surface area contributed by atoms with Crippen molar-refractivity contribution in [3.63, 3.8) is 0 Å². The summed E-state index contributed by atoms with van der Waals surface area (Å²) in [5, 5.41) is 2.80. The highest BCUT2D eigenvalue weighted by atomic mass is 32.2. The molecule has 0 aromatic heterocycles. The minimum absolute atomic E-state index is 0.0294. The van der Waals surface area contributed by atoms with Crippen LogP contribution in [0.15, 0.2) is 0 Å². The van der Waals surface area contributed by atoms with Crippen LogP contribution in [0.2, 0.25) is 0 Å². The van der Waals surface area contributed by atoms with E-state index in [0.717, 1.165) is 7.05 Å². The Morgan fingerprint density at radius 1 is 1.38 bits per heavy atom. The third-order valence-electron chi connectivity index (χ3n) is 2.65. The average Bonchev–Trinajstić information content (AvgIpc) is 2.36. The normalized spacial score (nSPS) is 14.6. The molecular weight excluding hydrogens is 298 g/mol. The van der Waals surface area contributed by atoms with Crippen molar-refractivity contribution in [2.24, 2.45) is 11.1 Å². The summed E-state index contributed by atoms with van der Waals surface area (Å²) in [5.74, 6) is -0.795. The summed E-state index contributed by atoms with van der Waals surface area (Å²) in [6.07, 6.45) is 1.69. The second kappa shape index (κ2) is 9.08. The Morgan fingerprint density at radius 3 is 2.43 bits per heavy atom. The topological polar surface area (TPSA) is 122 Å². The third kappa shape index (κ3) is 8.76. The van der Waals surface area contributed by atoms with Gasteiger partial charge in [0.15, 0.2) is 0 Å². The molecule has 0 aromatic carbocycles. The fourth-order valence-corrected chi connectivity index (χ4v) is 1.44. The molecule has 0 aliphatic carbocycles. The lowest BCUT2D eigenvalue weighted by atomic mass is 9.95. The zero-order chi connectivity index (χ0) is 16.6. The number of unbranched alkanes of at least 4 members (excludes halogenated alkanes) is 1. The van der Waals surface area contributed by atoms with Gasteiger partial charge in [-0.05, 0) is 23.7 Å². The number of carbonyl (C=O) groups is 2. The van der Waals surface area contributed by atoms with E-state index < -0.39 is 28.7 Å². The Labute approximate surface area is 127 Å². The Hall–Kier alpha value is -1.03. The highest BCUT2D eigenvalue weighted by molar-refractivity contribution is 7.76. The molecule has 0 saturated heterocycles. The van der Waals surface area contributed by atoms with Crippen molar-refractivity contribution in [3.8, 4) is 0 Å². The van der Waals surface area contributed by atoms with Crippen LogP contribution in [-0.2, 0) is 25.7 Å². The summed E-state index contributed by atoms with van der Waals surface area (Å²) >= 11 is -2.38. The van der Waals surface area contributed by atoms with Crippen LogP contribution in [0.5, 0.6) is 0 Å². The van der Waals surface area contributed by atoms with Gasteiger partial charge in [0.2, 0.25) is 5.91 Å². The second-order valence-electron chi connectivity index (χ2n) is 5.69. The lowest BCUT2D eigenvalue weighted by Crippen LogP contribution is -2.37. The van der Waals surface area contributed by atoms with E-state index in [-0.39, 0.29) is 5.91 Å². The molecule has 21 heavy (non-hydrogen) atoms. The van der Waals surface area contributed by atoms with Gasteiger partial charge in [-0.15, -0.1) is 0 Å². The maximum atomic E-state index is 11.6. The molecular formula is C12H25N3O5S. The molecule has 1 unspecified atom stereocenters. The molecule has 0 aromatic rings. The highest BCUT2D eigenvalue weighted by Gasteiger charge is 2.21. The molecule has 0 fully saturated rings. The summed E-state index contributed by atoms with van der Waals surface area (Å²) in [6.45, 7) is 6.00. The van der Waals surface area contributed by atoms with Gasteiger partial charge in [-0.2, -0.15) is 0 Å². The number of hydrogen-bond donors (Lipinski definition) is 3. The molecule has 0 radical (unpaired) electrons. The monoisotopic (exact) mass is 323 g/mol. The van der Waals surface area contributed by atoms with Crippen LogP contribution < -0.4 is 11.1 Å². The van der Waals surface area contributed by atoms with Crippen LogP contribution in [0.4, 0.5) is 0 Å². The number of amides is 1. The van der Waals surface area contributed by atoms with E-state index in [1.807, 2.05) is 20.8 Å². The van der Waals surface area contributed by atoms with Crippen LogP contribution in [0.1, 0.15) is 40.0 Å². The smallest absolute Gasteiger partial charge is 0.343 e. The first kappa shape index (κ1) is 20.0. The lowest BCUT2D eigenvalue weighted by molar-refractivity contribution is -0.168. The number of nitrogens with zero attached hydrogens (tertiary/aromatic N) is 1. The molecule has 9 heteroatoms. The number of hydroxylamine groups is 1. The second-order valence-corrected chi connectivity index (χ2v) is 6.66. The Morgan fingerprint density at radius 2 is 1.95 bits per heavy atom. The zero-order valence-corrected chi connectivity index (χ0v) is 13.7. The Bertz CT molecular complexity index is 384. The number of rotatable bonds is 8. The predicted molar refractivity (Wildman–Crippen MR) is 78.9 cm³/mol. The Kier molecular flexibility index (Phi) is 8.64. The maximum Gasteiger partial charge on any atom is 0.343 e. The van der Waals surface area contributed by atoms with Crippen LogP contribution in [0, 0.1) is 5.41 Å². The fourth-order valence-electron chi connectivity index (χ4n) is 1.30. The standard InChI is InChI=1S/C12H25N3O5S/c1-12(2,3)11(17)14-8-6-5-7-9(13)10(16)20-15(4)21(18)19/h9H,5-8,13H2,1-4H3,(H,14,17)(H,18,19)/t9-/m0/s1. The lowest BCUT2D eigenvalue weighted by Gasteiger charge is -2.18. The molecule has 2 atom stereocenters. The van der Waals surface area contributed by atoms with Crippen molar-refractivity contribution in [2.75, 3.05) is 13.6 Å².